The normalized spacial score (nSPS) is 13.7. The maximum absolute atomic E-state index is 5.79. The highest BCUT2D eigenvalue weighted by atomic mass is 79.9. The summed E-state index contributed by atoms with van der Waals surface area (Å²) in [6.45, 7) is 0. The molecular formula is C13H13BrN2O2. The van der Waals surface area contributed by atoms with Gasteiger partial charge in [0.2, 0.25) is 5.88 Å². The van der Waals surface area contributed by atoms with Crippen LogP contribution in [0.2, 0.25) is 0 Å². The summed E-state index contributed by atoms with van der Waals surface area (Å²) in [6.07, 6.45) is 4.99. The second-order valence-electron chi connectivity index (χ2n) is 4.37. The number of ether oxygens (including phenoxy) is 1. The highest BCUT2D eigenvalue weighted by Crippen LogP contribution is 2.44. The van der Waals surface area contributed by atoms with Gasteiger partial charge in [-0.1, -0.05) is 5.16 Å². The summed E-state index contributed by atoms with van der Waals surface area (Å²) in [5.41, 5.74) is 10.2. The van der Waals surface area contributed by atoms with Crippen LogP contribution in [0.5, 0.6) is 5.75 Å². The van der Waals surface area contributed by atoms with Gasteiger partial charge in [-0.3, -0.25) is 0 Å². The number of nitrogen functional groups attached to an aromatic ring is 1. The third-order valence-corrected chi connectivity index (χ3v) is 4.22. The molecule has 1 heterocycles. The number of rotatable bonds is 2. The molecule has 0 aliphatic heterocycles. The lowest BCUT2D eigenvalue weighted by molar-refractivity contribution is 0.413. The van der Waals surface area contributed by atoms with E-state index in [9.17, 15) is 0 Å². The summed E-state index contributed by atoms with van der Waals surface area (Å²) < 4.78 is 11.5. The highest BCUT2D eigenvalue weighted by Gasteiger charge is 2.23. The fourth-order valence-corrected chi connectivity index (χ4v) is 3.35. The smallest absolute Gasteiger partial charge is 0.230 e. The van der Waals surface area contributed by atoms with Crippen molar-refractivity contribution in [2.45, 2.75) is 19.3 Å². The first kappa shape index (κ1) is 11.6. The monoisotopic (exact) mass is 308 g/mol. The molecule has 1 aromatic carbocycles. The summed E-state index contributed by atoms with van der Waals surface area (Å²) in [4.78, 5) is 0. The molecule has 0 fully saturated rings. The van der Waals surface area contributed by atoms with Crippen molar-refractivity contribution in [2.24, 2.45) is 0 Å². The molecule has 4 nitrogen and oxygen atoms in total. The van der Waals surface area contributed by atoms with E-state index in [4.69, 9.17) is 15.0 Å². The maximum atomic E-state index is 5.79. The Morgan fingerprint density at radius 3 is 2.89 bits per heavy atom. The third-order valence-electron chi connectivity index (χ3n) is 3.38. The minimum Gasteiger partial charge on any atom is -0.495 e. The molecule has 2 aromatic rings. The van der Waals surface area contributed by atoms with Gasteiger partial charge in [-0.05, 0) is 52.4 Å². The Morgan fingerprint density at radius 2 is 2.22 bits per heavy atom. The number of benzene rings is 1. The number of hydrogen-bond donors (Lipinski definition) is 1. The van der Waals surface area contributed by atoms with Crippen LogP contribution in [0.25, 0.3) is 11.1 Å². The number of aromatic nitrogens is 1. The van der Waals surface area contributed by atoms with Gasteiger partial charge in [-0.15, -0.1) is 0 Å². The van der Waals surface area contributed by atoms with E-state index < -0.39 is 0 Å². The average molecular weight is 309 g/mol. The van der Waals surface area contributed by atoms with E-state index in [1.54, 1.807) is 13.3 Å². The Hall–Kier alpha value is -1.49. The van der Waals surface area contributed by atoms with Crippen molar-refractivity contribution in [1.82, 2.24) is 5.16 Å². The molecule has 1 aliphatic carbocycles. The first-order valence-corrected chi connectivity index (χ1v) is 6.60. The molecule has 0 amide bonds. The summed E-state index contributed by atoms with van der Waals surface area (Å²) in [5, 5.41) is 3.73. The lowest BCUT2D eigenvalue weighted by Gasteiger charge is -2.13. The molecule has 1 aliphatic rings. The van der Waals surface area contributed by atoms with Crippen LogP contribution in [-0.4, -0.2) is 12.3 Å². The Morgan fingerprint density at radius 1 is 1.39 bits per heavy atom. The van der Waals surface area contributed by atoms with E-state index in [0.29, 0.717) is 5.88 Å². The molecule has 0 bridgehead atoms. The van der Waals surface area contributed by atoms with Crippen molar-refractivity contribution < 1.29 is 9.26 Å². The number of anilines is 1. The van der Waals surface area contributed by atoms with Gasteiger partial charge in [-0.25, -0.2) is 0 Å². The largest absolute Gasteiger partial charge is 0.495 e. The molecule has 94 valence electrons. The van der Waals surface area contributed by atoms with Crippen molar-refractivity contribution in [3.63, 3.8) is 0 Å². The quantitative estimate of drug-likeness (QED) is 0.925. The van der Waals surface area contributed by atoms with Crippen LogP contribution in [0.4, 0.5) is 5.88 Å². The predicted molar refractivity (Wildman–Crippen MR) is 72.6 cm³/mol. The first-order valence-electron chi connectivity index (χ1n) is 5.81. The number of halogens is 1. The van der Waals surface area contributed by atoms with Crippen LogP contribution in [0.1, 0.15) is 17.5 Å². The fraction of sp³-hybridized carbons (Fsp3) is 0.308. The number of nitrogens with two attached hydrogens (primary N) is 1. The fourth-order valence-electron chi connectivity index (χ4n) is 2.52. The second-order valence-corrected chi connectivity index (χ2v) is 5.16. The minimum atomic E-state index is 0.318. The van der Waals surface area contributed by atoms with Crippen LogP contribution in [0.3, 0.4) is 0 Å². The number of methoxy groups -OCH3 is 1. The Bertz CT molecular complexity index is 607. The molecular weight excluding hydrogens is 296 g/mol. The lowest BCUT2D eigenvalue weighted by atomic mass is 10.0. The summed E-state index contributed by atoms with van der Waals surface area (Å²) in [6, 6.07) is 2.13. The van der Waals surface area contributed by atoms with Gasteiger partial charge in [0.1, 0.15) is 5.75 Å². The van der Waals surface area contributed by atoms with Gasteiger partial charge in [0.25, 0.3) is 0 Å². The highest BCUT2D eigenvalue weighted by molar-refractivity contribution is 9.10. The van der Waals surface area contributed by atoms with Crippen LogP contribution in [-0.2, 0) is 12.8 Å². The Labute approximate surface area is 113 Å². The molecule has 0 atom stereocenters. The Kier molecular flexibility index (Phi) is 2.78. The van der Waals surface area contributed by atoms with E-state index in [0.717, 1.165) is 34.2 Å². The van der Waals surface area contributed by atoms with Gasteiger partial charge >= 0.3 is 0 Å². The number of aryl methyl sites for hydroxylation is 1. The van der Waals surface area contributed by atoms with Crippen LogP contribution in [0.15, 0.2) is 21.3 Å². The molecule has 2 N–H and O–H groups in total. The predicted octanol–water partition coefficient (Wildman–Crippen LogP) is 3.18. The lowest BCUT2D eigenvalue weighted by Crippen LogP contribution is -1.96. The van der Waals surface area contributed by atoms with Gasteiger partial charge in [0, 0.05) is 5.56 Å². The van der Waals surface area contributed by atoms with E-state index in [1.807, 2.05) is 0 Å². The van der Waals surface area contributed by atoms with Gasteiger partial charge in [0.05, 0.1) is 23.3 Å². The van der Waals surface area contributed by atoms with E-state index in [1.165, 1.54) is 17.5 Å². The number of hydrogen-bond acceptors (Lipinski definition) is 4. The standard InChI is InChI=1S/C13H13BrN2O2/c1-17-12-9(10-6-16-18-13(10)15)5-7-3-2-4-8(7)11(12)14/h5-6H,2-4,15H2,1H3. The number of fused-ring (bicyclic) bond motifs is 1. The Balaban J connectivity index is 2.27. The van der Waals surface area contributed by atoms with Crippen molar-refractivity contribution in [3.05, 3.63) is 27.9 Å². The molecule has 18 heavy (non-hydrogen) atoms. The van der Waals surface area contributed by atoms with Crippen LogP contribution in [0, 0.1) is 0 Å². The zero-order valence-electron chi connectivity index (χ0n) is 10.00. The molecule has 3 rings (SSSR count). The summed E-state index contributed by atoms with van der Waals surface area (Å²) in [5.74, 6) is 1.11. The molecule has 5 heteroatoms. The first-order chi connectivity index (χ1) is 8.72. The molecule has 0 saturated heterocycles. The average Bonchev–Trinajstić information content (AvgIpc) is 2.97. The van der Waals surface area contributed by atoms with E-state index in [2.05, 4.69) is 27.2 Å². The van der Waals surface area contributed by atoms with Gasteiger partial charge in [0.15, 0.2) is 0 Å². The topological polar surface area (TPSA) is 61.3 Å². The second kappa shape index (κ2) is 4.31. The molecule has 1 aromatic heterocycles. The SMILES string of the molecule is COc1c(-c2cnoc2N)cc2c(c1Br)CCC2. The van der Waals surface area contributed by atoms with Crippen molar-refractivity contribution in [1.29, 1.82) is 0 Å². The van der Waals surface area contributed by atoms with Crippen LogP contribution >= 0.6 is 15.9 Å². The minimum absolute atomic E-state index is 0.318. The molecule has 0 radical (unpaired) electrons. The summed E-state index contributed by atoms with van der Waals surface area (Å²) in [7, 11) is 1.66. The zero-order valence-corrected chi connectivity index (χ0v) is 11.6. The van der Waals surface area contributed by atoms with Crippen molar-refractivity contribution >= 4 is 21.8 Å². The summed E-state index contributed by atoms with van der Waals surface area (Å²) >= 11 is 3.64. The van der Waals surface area contributed by atoms with Gasteiger partial charge < -0.3 is 15.0 Å². The molecule has 0 spiro atoms. The van der Waals surface area contributed by atoms with Crippen molar-refractivity contribution in [3.8, 4) is 16.9 Å². The van der Waals surface area contributed by atoms with Crippen LogP contribution < -0.4 is 10.5 Å². The molecule has 0 saturated carbocycles. The van der Waals surface area contributed by atoms with E-state index >= 15 is 0 Å². The third kappa shape index (κ3) is 1.61. The molecule has 0 unspecified atom stereocenters. The zero-order chi connectivity index (χ0) is 12.7. The number of nitrogens with zero attached hydrogens (tertiary/aromatic N) is 1. The maximum Gasteiger partial charge on any atom is 0.230 e. The van der Waals surface area contributed by atoms with Crippen molar-refractivity contribution in [2.75, 3.05) is 12.8 Å². The van der Waals surface area contributed by atoms with E-state index in [-0.39, 0.29) is 0 Å². The van der Waals surface area contributed by atoms with Gasteiger partial charge in [-0.2, -0.15) is 0 Å².